The first-order valence-electron chi connectivity index (χ1n) is 3.70. The maximum atomic E-state index is 9.63. The van der Waals surface area contributed by atoms with E-state index in [4.69, 9.17) is 0 Å². The van der Waals surface area contributed by atoms with Gasteiger partial charge in [0.05, 0.1) is 0 Å². The zero-order chi connectivity index (χ0) is 8.57. The second kappa shape index (κ2) is 13.2. The predicted octanol–water partition coefficient (Wildman–Crippen LogP) is 0.00290. The quantitative estimate of drug-likeness (QED) is 0.604. The van der Waals surface area contributed by atoms with Crippen molar-refractivity contribution in [1.82, 2.24) is 0 Å². The van der Waals surface area contributed by atoms with Gasteiger partial charge in [0.25, 0.3) is 0 Å². The van der Waals surface area contributed by atoms with Crippen LogP contribution in [0.3, 0.4) is 0 Å². The van der Waals surface area contributed by atoms with Crippen molar-refractivity contribution < 1.29 is 29.7 Å². The fraction of sp³-hybridized carbons (Fsp3) is 1.00. The summed E-state index contributed by atoms with van der Waals surface area (Å²) in [5.41, 5.74) is 0. The van der Waals surface area contributed by atoms with Crippen LogP contribution in [-0.2, 0) is 19.5 Å². The third-order valence-corrected chi connectivity index (χ3v) is 0.667. The molecule has 3 heteroatoms. The average Bonchev–Trinajstić information content (AvgIpc) is 1.89. The maximum Gasteiger partial charge on any atom is 2.00 e. The van der Waals surface area contributed by atoms with Crippen LogP contribution >= 0.6 is 0 Å². The fourth-order valence-electron chi connectivity index (χ4n) is 0. The van der Waals surface area contributed by atoms with Crippen molar-refractivity contribution in [3.63, 3.8) is 0 Å². The van der Waals surface area contributed by atoms with Crippen LogP contribution in [0.2, 0.25) is 0 Å². The topological polar surface area (TPSA) is 46.1 Å². The van der Waals surface area contributed by atoms with Crippen LogP contribution in [0.5, 0.6) is 0 Å². The van der Waals surface area contributed by atoms with E-state index in [1.165, 1.54) is 0 Å². The van der Waals surface area contributed by atoms with E-state index in [0.29, 0.717) is 11.8 Å². The minimum absolute atomic E-state index is 0. The normalized spacial score (nSPS) is 8.73. The Morgan fingerprint density at radius 3 is 0.909 bits per heavy atom. The summed E-state index contributed by atoms with van der Waals surface area (Å²) in [5, 5.41) is 19.3. The Balaban J connectivity index is -0.000000107. The average molecular weight is 212 g/mol. The molecular formula is C8H18O2Zn. The van der Waals surface area contributed by atoms with Crippen LogP contribution < -0.4 is 10.2 Å². The van der Waals surface area contributed by atoms with Crippen LogP contribution in [0.25, 0.3) is 0 Å². The summed E-state index contributed by atoms with van der Waals surface area (Å²) in [5.74, 6) is 0.657. The van der Waals surface area contributed by atoms with Gasteiger partial charge in [-0.2, -0.15) is 0 Å². The van der Waals surface area contributed by atoms with E-state index in [0.717, 1.165) is 0 Å². The van der Waals surface area contributed by atoms with E-state index >= 15 is 0 Å². The van der Waals surface area contributed by atoms with Crippen LogP contribution in [0.1, 0.15) is 27.7 Å². The second-order valence-corrected chi connectivity index (χ2v) is 3.12. The molecule has 0 aromatic heterocycles. The standard InChI is InChI=1S/2C4H9O.Zn/c2*1-4(2)3-5;/h2*4H,3H2,1-2H3;/q2*-1;+2. The van der Waals surface area contributed by atoms with Crippen molar-refractivity contribution in [2.45, 2.75) is 27.7 Å². The number of hydrogen-bond donors (Lipinski definition) is 0. The van der Waals surface area contributed by atoms with Gasteiger partial charge < -0.3 is 10.2 Å². The summed E-state index contributed by atoms with van der Waals surface area (Å²) in [6.45, 7) is 7.75. The molecule has 2 nitrogen and oxygen atoms in total. The van der Waals surface area contributed by atoms with Gasteiger partial charge in [0.2, 0.25) is 0 Å². The van der Waals surface area contributed by atoms with E-state index in [-0.39, 0.29) is 32.7 Å². The van der Waals surface area contributed by atoms with Crippen molar-refractivity contribution >= 4 is 0 Å². The Labute approximate surface area is 82.8 Å². The molecule has 0 fully saturated rings. The maximum absolute atomic E-state index is 9.63. The molecule has 0 unspecified atom stereocenters. The van der Waals surface area contributed by atoms with Gasteiger partial charge in [-0.25, -0.2) is 0 Å². The molecule has 0 aliphatic carbocycles. The molecular weight excluding hydrogens is 193 g/mol. The van der Waals surface area contributed by atoms with Crippen molar-refractivity contribution in [3.05, 3.63) is 0 Å². The molecule has 0 spiro atoms. The minimum Gasteiger partial charge on any atom is -0.854 e. The molecule has 0 aromatic carbocycles. The Kier molecular flexibility index (Phi) is 21.0. The van der Waals surface area contributed by atoms with E-state index in [9.17, 15) is 10.2 Å². The largest absolute Gasteiger partial charge is 2.00 e. The van der Waals surface area contributed by atoms with Gasteiger partial charge in [-0.3, -0.25) is 0 Å². The van der Waals surface area contributed by atoms with Crippen LogP contribution in [0.15, 0.2) is 0 Å². The monoisotopic (exact) mass is 210 g/mol. The first-order chi connectivity index (χ1) is 4.54. The first-order valence-corrected chi connectivity index (χ1v) is 3.70. The third kappa shape index (κ3) is 37.3. The van der Waals surface area contributed by atoms with E-state index in [1.54, 1.807) is 0 Å². The molecule has 0 aliphatic heterocycles. The van der Waals surface area contributed by atoms with E-state index < -0.39 is 0 Å². The van der Waals surface area contributed by atoms with Crippen LogP contribution in [-0.4, -0.2) is 13.2 Å². The third-order valence-electron chi connectivity index (χ3n) is 0.667. The molecule has 0 saturated carbocycles. The summed E-state index contributed by atoms with van der Waals surface area (Å²) in [7, 11) is 0. The van der Waals surface area contributed by atoms with Gasteiger partial charge >= 0.3 is 19.5 Å². The fourth-order valence-corrected chi connectivity index (χ4v) is 0. The molecule has 0 atom stereocenters. The molecule has 0 amide bonds. The smallest absolute Gasteiger partial charge is 0.854 e. The molecule has 0 N–H and O–H groups in total. The molecule has 64 valence electrons. The summed E-state index contributed by atoms with van der Waals surface area (Å²) in [6.07, 6.45) is 0. The van der Waals surface area contributed by atoms with Gasteiger partial charge in [-0.15, -0.1) is 13.2 Å². The summed E-state index contributed by atoms with van der Waals surface area (Å²) < 4.78 is 0. The number of rotatable bonds is 2. The Bertz CT molecular complexity index is 48.1. The second-order valence-electron chi connectivity index (χ2n) is 3.12. The summed E-state index contributed by atoms with van der Waals surface area (Å²) >= 11 is 0. The van der Waals surface area contributed by atoms with Gasteiger partial charge in [0.1, 0.15) is 0 Å². The minimum atomic E-state index is 0. The van der Waals surface area contributed by atoms with Crippen LogP contribution in [0.4, 0.5) is 0 Å². The molecule has 0 heterocycles. The Morgan fingerprint density at radius 2 is 0.909 bits per heavy atom. The molecule has 0 saturated heterocycles. The van der Waals surface area contributed by atoms with E-state index in [1.807, 2.05) is 27.7 Å². The van der Waals surface area contributed by atoms with Gasteiger partial charge in [0.15, 0.2) is 0 Å². The van der Waals surface area contributed by atoms with Gasteiger partial charge in [-0.1, -0.05) is 39.5 Å². The van der Waals surface area contributed by atoms with Gasteiger partial charge in [-0.05, 0) is 0 Å². The SMILES string of the molecule is CC(C)C[O-].CC(C)C[O-].[Zn+2]. The summed E-state index contributed by atoms with van der Waals surface area (Å²) in [4.78, 5) is 0. The predicted molar refractivity (Wildman–Crippen MR) is 39.4 cm³/mol. The summed E-state index contributed by atoms with van der Waals surface area (Å²) in [6, 6.07) is 0. The molecule has 0 aliphatic rings. The first kappa shape index (κ1) is 17.6. The van der Waals surface area contributed by atoms with Crippen molar-refractivity contribution in [2.24, 2.45) is 11.8 Å². The Morgan fingerprint density at radius 1 is 0.818 bits per heavy atom. The van der Waals surface area contributed by atoms with E-state index in [2.05, 4.69) is 0 Å². The van der Waals surface area contributed by atoms with Crippen molar-refractivity contribution in [2.75, 3.05) is 13.2 Å². The zero-order valence-electron chi connectivity index (χ0n) is 8.09. The molecule has 0 radical (unpaired) electrons. The molecule has 0 rings (SSSR count). The molecule has 11 heavy (non-hydrogen) atoms. The van der Waals surface area contributed by atoms with Crippen molar-refractivity contribution in [3.8, 4) is 0 Å². The molecule has 0 aromatic rings. The Hall–Kier alpha value is 0.543. The van der Waals surface area contributed by atoms with Gasteiger partial charge in [0, 0.05) is 0 Å². The zero-order valence-corrected chi connectivity index (χ0v) is 11.1. The van der Waals surface area contributed by atoms with Crippen molar-refractivity contribution in [1.29, 1.82) is 0 Å². The van der Waals surface area contributed by atoms with Crippen LogP contribution in [0, 0.1) is 11.8 Å². The molecule has 0 bridgehead atoms. The number of hydrogen-bond acceptors (Lipinski definition) is 2.